The van der Waals surface area contributed by atoms with Gasteiger partial charge in [-0.15, -0.1) is 0 Å². The third kappa shape index (κ3) is 1.86. The molecule has 2 rings (SSSR count). The zero-order valence-electron chi connectivity index (χ0n) is 7.33. The zero-order chi connectivity index (χ0) is 9.10. The molecule has 1 aliphatic rings. The first-order chi connectivity index (χ1) is 6.36. The highest BCUT2D eigenvalue weighted by Crippen LogP contribution is 2.22. The van der Waals surface area contributed by atoms with Crippen molar-refractivity contribution in [3.8, 4) is 0 Å². The molecule has 0 atom stereocenters. The first-order valence-corrected chi connectivity index (χ1v) is 4.46. The predicted octanol–water partition coefficient (Wildman–Crippen LogP) is 3.56. The van der Waals surface area contributed by atoms with Crippen molar-refractivity contribution in [2.75, 3.05) is 0 Å². The SMILES string of the molecule is Fc1cccc(C2=CCC=CC2)c1. The normalized spacial score (nSPS) is 15.6. The summed E-state index contributed by atoms with van der Waals surface area (Å²) in [4.78, 5) is 0. The van der Waals surface area contributed by atoms with Gasteiger partial charge in [-0.2, -0.15) is 0 Å². The number of halogens is 1. The van der Waals surface area contributed by atoms with Gasteiger partial charge in [0.2, 0.25) is 0 Å². The van der Waals surface area contributed by atoms with Gasteiger partial charge in [0.15, 0.2) is 0 Å². The summed E-state index contributed by atoms with van der Waals surface area (Å²) in [6, 6.07) is 6.77. The Kier molecular flexibility index (Phi) is 2.26. The number of allylic oxidation sites excluding steroid dienone is 4. The van der Waals surface area contributed by atoms with Crippen LogP contribution >= 0.6 is 0 Å². The smallest absolute Gasteiger partial charge is 0.123 e. The summed E-state index contributed by atoms with van der Waals surface area (Å²) < 4.78 is 12.9. The maximum atomic E-state index is 12.9. The van der Waals surface area contributed by atoms with E-state index in [1.165, 1.54) is 11.6 Å². The van der Waals surface area contributed by atoms with Crippen LogP contribution in [0.5, 0.6) is 0 Å². The fourth-order valence-electron chi connectivity index (χ4n) is 1.52. The minimum atomic E-state index is -0.159. The Morgan fingerprint density at radius 2 is 2.08 bits per heavy atom. The number of benzene rings is 1. The average Bonchev–Trinajstić information content (AvgIpc) is 2.19. The van der Waals surface area contributed by atoms with Gasteiger partial charge >= 0.3 is 0 Å². The van der Waals surface area contributed by atoms with Gasteiger partial charge in [-0.25, -0.2) is 4.39 Å². The lowest BCUT2D eigenvalue weighted by atomic mass is 9.98. The molecule has 0 unspecified atom stereocenters. The molecule has 0 fully saturated rings. The molecule has 0 saturated carbocycles. The van der Waals surface area contributed by atoms with Crippen molar-refractivity contribution in [1.29, 1.82) is 0 Å². The Morgan fingerprint density at radius 1 is 1.15 bits per heavy atom. The lowest BCUT2D eigenvalue weighted by Crippen LogP contribution is -1.87. The Hall–Kier alpha value is -1.37. The minimum absolute atomic E-state index is 0.159. The summed E-state index contributed by atoms with van der Waals surface area (Å²) in [7, 11) is 0. The van der Waals surface area contributed by atoms with E-state index in [1.807, 2.05) is 6.07 Å². The van der Waals surface area contributed by atoms with Crippen molar-refractivity contribution >= 4 is 5.57 Å². The molecule has 0 bridgehead atoms. The molecule has 0 N–H and O–H groups in total. The molecule has 0 nitrogen and oxygen atoms in total. The van der Waals surface area contributed by atoms with Crippen LogP contribution in [0.2, 0.25) is 0 Å². The van der Waals surface area contributed by atoms with E-state index in [9.17, 15) is 4.39 Å². The van der Waals surface area contributed by atoms with Gasteiger partial charge in [-0.1, -0.05) is 30.4 Å². The monoisotopic (exact) mass is 174 g/mol. The Bertz CT molecular complexity index is 361. The van der Waals surface area contributed by atoms with E-state index in [0.717, 1.165) is 18.4 Å². The van der Waals surface area contributed by atoms with E-state index >= 15 is 0 Å². The fraction of sp³-hybridized carbons (Fsp3) is 0.167. The highest BCUT2D eigenvalue weighted by molar-refractivity contribution is 5.67. The van der Waals surface area contributed by atoms with Crippen molar-refractivity contribution in [3.63, 3.8) is 0 Å². The molecular formula is C12H11F. The molecule has 0 amide bonds. The van der Waals surface area contributed by atoms with Crippen LogP contribution in [0.4, 0.5) is 4.39 Å². The lowest BCUT2D eigenvalue weighted by Gasteiger charge is -2.08. The summed E-state index contributed by atoms with van der Waals surface area (Å²) in [6.07, 6.45) is 8.28. The van der Waals surface area contributed by atoms with Gasteiger partial charge < -0.3 is 0 Å². The summed E-state index contributed by atoms with van der Waals surface area (Å²) in [5.74, 6) is -0.159. The summed E-state index contributed by atoms with van der Waals surface area (Å²) in [5, 5.41) is 0. The van der Waals surface area contributed by atoms with E-state index in [2.05, 4.69) is 18.2 Å². The van der Waals surface area contributed by atoms with Crippen LogP contribution < -0.4 is 0 Å². The lowest BCUT2D eigenvalue weighted by molar-refractivity contribution is 0.627. The van der Waals surface area contributed by atoms with E-state index < -0.39 is 0 Å². The second kappa shape index (κ2) is 3.56. The number of hydrogen-bond donors (Lipinski definition) is 0. The second-order valence-corrected chi connectivity index (χ2v) is 3.15. The molecule has 0 spiro atoms. The third-order valence-corrected chi connectivity index (χ3v) is 2.20. The van der Waals surface area contributed by atoms with E-state index in [4.69, 9.17) is 0 Å². The number of hydrogen-bond acceptors (Lipinski definition) is 0. The van der Waals surface area contributed by atoms with Crippen LogP contribution in [-0.4, -0.2) is 0 Å². The van der Waals surface area contributed by atoms with Crippen LogP contribution in [-0.2, 0) is 0 Å². The van der Waals surface area contributed by atoms with Gasteiger partial charge in [-0.3, -0.25) is 0 Å². The Labute approximate surface area is 77.4 Å². The van der Waals surface area contributed by atoms with Gasteiger partial charge in [0.1, 0.15) is 5.82 Å². The molecule has 13 heavy (non-hydrogen) atoms. The molecule has 1 aromatic carbocycles. The van der Waals surface area contributed by atoms with Gasteiger partial charge in [0, 0.05) is 0 Å². The maximum Gasteiger partial charge on any atom is 0.123 e. The molecular weight excluding hydrogens is 163 g/mol. The zero-order valence-corrected chi connectivity index (χ0v) is 7.33. The van der Waals surface area contributed by atoms with Crippen LogP contribution in [0.15, 0.2) is 42.5 Å². The van der Waals surface area contributed by atoms with E-state index in [0.29, 0.717) is 0 Å². The van der Waals surface area contributed by atoms with Crippen molar-refractivity contribution in [2.24, 2.45) is 0 Å². The Morgan fingerprint density at radius 3 is 2.77 bits per heavy atom. The highest BCUT2D eigenvalue weighted by Gasteiger charge is 2.02. The van der Waals surface area contributed by atoms with Crippen molar-refractivity contribution in [2.45, 2.75) is 12.8 Å². The first kappa shape index (κ1) is 8.24. The molecule has 0 aliphatic heterocycles. The molecule has 66 valence electrons. The summed E-state index contributed by atoms with van der Waals surface area (Å²) >= 11 is 0. The van der Waals surface area contributed by atoms with Gasteiger partial charge in [0.25, 0.3) is 0 Å². The molecule has 0 heterocycles. The molecule has 1 heteroatoms. The fourth-order valence-corrected chi connectivity index (χ4v) is 1.52. The predicted molar refractivity (Wildman–Crippen MR) is 52.8 cm³/mol. The molecule has 1 aliphatic carbocycles. The number of rotatable bonds is 1. The summed E-state index contributed by atoms with van der Waals surface area (Å²) in [5.41, 5.74) is 2.23. The topological polar surface area (TPSA) is 0 Å². The van der Waals surface area contributed by atoms with Crippen molar-refractivity contribution in [1.82, 2.24) is 0 Å². The summed E-state index contributed by atoms with van der Waals surface area (Å²) in [6.45, 7) is 0. The highest BCUT2D eigenvalue weighted by atomic mass is 19.1. The quantitative estimate of drug-likeness (QED) is 0.571. The first-order valence-electron chi connectivity index (χ1n) is 4.46. The van der Waals surface area contributed by atoms with Crippen LogP contribution in [0, 0.1) is 5.82 Å². The second-order valence-electron chi connectivity index (χ2n) is 3.15. The van der Waals surface area contributed by atoms with Crippen LogP contribution in [0.1, 0.15) is 18.4 Å². The molecule has 0 saturated heterocycles. The maximum absolute atomic E-state index is 12.9. The average molecular weight is 174 g/mol. The van der Waals surface area contributed by atoms with E-state index in [-0.39, 0.29) is 5.82 Å². The third-order valence-electron chi connectivity index (χ3n) is 2.20. The molecule has 1 aromatic rings. The van der Waals surface area contributed by atoms with Crippen LogP contribution in [0.25, 0.3) is 5.57 Å². The largest absolute Gasteiger partial charge is 0.207 e. The van der Waals surface area contributed by atoms with Crippen molar-refractivity contribution < 1.29 is 4.39 Å². The van der Waals surface area contributed by atoms with Gasteiger partial charge in [-0.05, 0) is 36.1 Å². The van der Waals surface area contributed by atoms with Crippen LogP contribution in [0.3, 0.4) is 0 Å². The minimum Gasteiger partial charge on any atom is -0.207 e. The van der Waals surface area contributed by atoms with Crippen molar-refractivity contribution in [3.05, 3.63) is 53.9 Å². The Balaban J connectivity index is 2.30. The molecule has 0 aromatic heterocycles. The standard InChI is InChI=1S/C12H11F/c13-12-8-4-7-11(9-12)10-5-2-1-3-6-10/h1-2,4,6-9H,3,5H2. The van der Waals surface area contributed by atoms with E-state index in [1.54, 1.807) is 12.1 Å². The van der Waals surface area contributed by atoms with Gasteiger partial charge in [0.05, 0.1) is 0 Å². The molecule has 0 radical (unpaired) electrons.